The number of benzene rings is 3. The molecule has 0 bridgehead atoms. The molecule has 16 heteroatoms. The van der Waals surface area contributed by atoms with Gasteiger partial charge in [0.2, 0.25) is 15.9 Å². The van der Waals surface area contributed by atoms with E-state index in [1.54, 1.807) is 28.8 Å². The Balaban J connectivity index is 1.31. The number of hydrogen-bond donors (Lipinski definition) is 2. The third-order valence-corrected chi connectivity index (χ3v) is 10.2. The molecule has 1 saturated heterocycles. The molecule has 1 aromatic heterocycles. The van der Waals surface area contributed by atoms with Crippen molar-refractivity contribution in [1.82, 2.24) is 24.4 Å². The lowest BCUT2D eigenvalue weighted by atomic mass is 10.1. The molecule has 11 nitrogen and oxygen atoms in total. The van der Waals surface area contributed by atoms with Gasteiger partial charge >= 0.3 is 6.18 Å². The number of ether oxygens (including phenoxy) is 1. The third-order valence-electron chi connectivity index (χ3n) is 7.34. The monoisotopic (exact) mass is 688 g/mol. The first-order chi connectivity index (χ1) is 22.5. The average molecular weight is 689 g/mol. The number of halogens is 3. The van der Waals surface area contributed by atoms with Crippen LogP contribution >= 0.6 is 11.8 Å². The van der Waals surface area contributed by atoms with Crippen LogP contribution in [-0.4, -0.2) is 65.3 Å². The fraction of sp³-hybridized carbons (Fsp3) is 0.290. The molecular formula is C31H31F3N6O5S2. The largest absolute Gasteiger partial charge is 0.495 e. The highest BCUT2D eigenvalue weighted by Crippen LogP contribution is 2.35. The molecule has 2 heterocycles. The van der Waals surface area contributed by atoms with Crippen molar-refractivity contribution < 1.29 is 35.9 Å². The molecule has 0 saturated carbocycles. The van der Waals surface area contributed by atoms with E-state index < -0.39 is 33.6 Å². The third kappa shape index (κ3) is 7.94. The first kappa shape index (κ1) is 33.9. The van der Waals surface area contributed by atoms with Crippen LogP contribution in [-0.2, 0) is 27.5 Å². The van der Waals surface area contributed by atoms with Gasteiger partial charge in [-0.1, -0.05) is 42.4 Å². The molecule has 2 N–H and O–H groups in total. The molecule has 0 aliphatic carbocycles. The summed E-state index contributed by atoms with van der Waals surface area (Å²) in [5, 5.41) is 13.7. The SMILES string of the molecule is COc1ccccc1-n1c(CNC(=O)c2ccc(S(=O)(=O)N3CCCCC3)cc2)nnc1SCC(=O)Nc1ccccc1C(F)(F)F. The smallest absolute Gasteiger partial charge is 0.418 e. The van der Waals surface area contributed by atoms with Crippen LogP contribution in [0.25, 0.3) is 5.69 Å². The van der Waals surface area contributed by atoms with Crippen LogP contribution in [0.3, 0.4) is 0 Å². The number of aromatic nitrogens is 3. The Morgan fingerprint density at radius 2 is 1.62 bits per heavy atom. The first-order valence-electron chi connectivity index (χ1n) is 14.5. The number of carbonyl (C=O) groups excluding carboxylic acids is 2. The number of nitrogens with one attached hydrogen (secondary N) is 2. The Labute approximate surface area is 273 Å². The van der Waals surface area contributed by atoms with Gasteiger partial charge in [-0.05, 0) is 61.4 Å². The van der Waals surface area contributed by atoms with Crippen molar-refractivity contribution in [3.63, 3.8) is 0 Å². The molecule has 248 valence electrons. The highest BCUT2D eigenvalue weighted by Gasteiger charge is 2.33. The summed E-state index contributed by atoms with van der Waals surface area (Å²) in [6, 6.07) is 17.3. The van der Waals surface area contributed by atoms with E-state index in [0.29, 0.717) is 24.5 Å². The summed E-state index contributed by atoms with van der Waals surface area (Å²) < 4.78 is 74.6. The highest BCUT2D eigenvalue weighted by molar-refractivity contribution is 7.99. The molecule has 0 radical (unpaired) electrons. The van der Waals surface area contributed by atoms with Crippen molar-refractivity contribution in [2.24, 2.45) is 0 Å². The minimum absolute atomic E-state index is 0.108. The number of rotatable bonds is 11. The number of amides is 2. The summed E-state index contributed by atoms with van der Waals surface area (Å²) in [6.45, 7) is 0.826. The Morgan fingerprint density at radius 1 is 0.936 bits per heavy atom. The maximum absolute atomic E-state index is 13.4. The Bertz CT molecular complexity index is 1840. The second-order valence-electron chi connectivity index (χ2n) is 10.5. The fourth-order valence-corrected chi connectivity index (χ4v) is 7.30. The second kappa shape index (κ2) is 14.6. The van der Waals surface area contributed by atoms with Crippen LogP contribution in [0.5, 0.6) is 5.75 Å². The highest BCUT2D eigenvalue weighted by atomic mass is 32.2. The summed E-state index contributed by atoms with van der Waals surface area (Å²) in [6.07, 6.45) is -2.04. The zero-order valence-electron chi connectivity index (χ0n) is 25.2. The van der Waals surface area contributed by atoms with Crippen LogP contribution in [0.1, 0.15) is 41.0 Å². The van der Waals surface area contributed by atoms with Crippen molar-refractivity contribution in [3.05, 3.63) is 89.7 Å². The molecular weight excluding hydrogens is 658 g/mol. The predicted molar refractivity (Wildman–Crippen MR) is 169 cm³/mol. The molecule has 1 fully saturated rings. The first-order valence-corrected chi connectivity index (χ1v) is 17.0. The number of anilines is 1. The van der Waals surface area contributed by atoms with Gasteiger partial charge in [0.15, 0.2) is 11.0 Å². The van der Waals surface area contributed by atoms with Gasteiger partial charge in [0.05, 0.1) is 41.2 Å². The van der Waals surface area contributed by atoms with E-state index in [2.05, 4.69) is 20.8 Å². The van der Waals surface area contributed by atoms with E-state index >= 15 is 0 Å². The number of alkyl halides is 3. The van der Waals surface area contributed by atoms with Crippen molar-refractivity contribution in [2.75, 3.05) is 31.3 Å². The van der Waals surface area contributed by atoms with Gasteiger partial charge in [0.1, 0.15) is 5.75 Å². The number of piperidine rings is 1. The van der Waals surface area contributed by atoms with Crippen LogP contribution in [0.2, 0.25) is 0 Å². The number of carbonyl (C=O) groups is 2. The zero-order valence-corrected chi connectivity index (χ0v) is 26.8. The number of thioether (sulfide) groups is 1. The van der Waals surface area contributed by atoms with E-state index in [1.165, 1.54) is 53.9 Å². The molecule has 1 aliphatic rings. The Hall–Kier alpha value is -4.41. The van der Waals surface area contributed by atoms with Gasteiger partial charge in [-0.25, -0.2) is 8.42 Å². The van der Waals surface area contributed by atoms with E-state index in [4.69, 9.17) is 4.74 Å². The fourth-order valence-electron chi connectivity index (χ4n) is 5.01. The van der Waals surface area contributed by atoms with Gasteiger partial charge in [-0.3, -0.25) is 14.2 Å². The van der Waals surface area contributed by atoms with Crippen molar-refractivity contribution >= 4 is 39.3 Å². The van der Waals surface area contributed by atoms with Crippen LogP contribution in [0.15, 0.2) is 82.8 Å². The molecule has 0 atom stereocenters. The summed E-state index contributed by atoms with van der Waals surface area (Å²) >= 11 is 0.936. The molecule has 3 aromatic carbocycles. The minimum atomic E-state index is -4.65. The normalized spacial score (nSPS) is 14.0. The number of nitrogens with zero attached hydrogens (tertiary/aromatic N) is 4. The topological polar surface area (TPSA) is 136 Å². The molecule has 5 rings (SSSR count). The number of hydrogen-bond acceptors (Lipinski definition) is 8. The molecule has 1 aliphatic heterocycles. The van der Waals surface area contributed by atoms with Crippen molar-refractivity contribution in [3.8, 4) is 11.4 Å². The predicted octanol–water partition coefficient (Wildman–Crippen LogP) is 5.13. The van der Waals surface area contributed by atoms with E-state index in [9.17, 15) is 31.2 Å². The summed E-state index contributed by atoms with van der Waals surface area (Å²) in [5.74, 6) is -0.757. The summed E-state index contributed by atoms with van der Waals surface area (Å²) in [5.41, 5.74) is -0.595. The van der Waals surface area contributed by atoms with Gasteiger partial charge in [-0.2, -0.15) is 17.5 Å². The van der Waals surface area contributed by atoms with E-state index in [1.807, 2.05) is 0 Å². The average Bonchev–Trinajstić information content (AvgIpc) is 3.48. The molecule has 0 unspecified atom stereocenters. The standard InChI is InChI=1S/C31H31F3N6O5S2/c1-45-26-12-6-5-11-25(26)40-27(37-38-30(40)46-20-28(41)36-24-10-4-3-9-23(24)31(32,33)34)19-35-29(42)21-13-15-22(16-14-21)47(43,44)39-17-7-2-8-18-39/h3-6,9-16H,2,7-8,17-20H2,1H3,(H,35,42)(H,36,41). The quantitative estimate of drug-likeness (QED) is 0.207. The minimum Gasteiger partial charge on any atom is -0.495 e. The Kier molecular flexibility index (Phi) is 10.5. The van der Waals surface area contributed by atoms with Crippen LogP contribution in [0.4, 0.5) is 18.9 Å². The van der Waals surface area contributed by atoms with E-state index in [0.717, 1.165) is 37.1 Å². The second-order valence-corrected chi connectivity index (χ2v) is 13.3. The lowest BCUT2D eigenvalue weighted by molar-refractivity contribution is -0.137. The lowest BCUT2D eigenvalue weighted by Gasteiger charge is -2.25. The number of sulfonamides is 1. The maximum atomic E-state index is 13.4. The molecule has 47 heavy (non-hydrogen) atoms. The van der Waals surface area contributed by atoms with Gasteiger partial charge in [0.25, 0.3) is 5.91 Å². The van der Waals surface area contributed by atoms with E-state index in [-0.39, 0.29) is 39.4 Å². The van der Waals surface area contributed by atoms with Gasteiger partial charge < -0.3 is 15.4 Å². The van der Waals surface area contributed by atoms with Gasteiger partial charge in [0, 0.05) is 18.7 Å². The van der Waals surface area contributed by atoms with Crippen molar-refractivity contribution in [2.45, 2.75) is 42.0 Å². The molecule has 4 aromatic rings. The Morgan fingerprint density at radius 3 is 2.32 bits per heavy atom. The maximum Gasteiger partial charge on any atom is 0.418 e. The van der Waals surface area contributed by atoms with Crippen molar-refractivity contribution in [1.29, 1.82) is 0 Å². The summed E-state index contributed by atoms with van der Waals surface area (Å²) in [7, 11) is -2.18. The van der Waals surface area contributed by atoms with Crippen LogP contribution in [0, 0.1) is 0 Å². The lowest BCUT2D eigenvalue weighted by Crippen LogP contribution is -2.35. The number of para-hydroxylation sites is 3. The van der Waals surface area contributed by atoms with Gasteiger partial charge in [-0.15, -0.1) is 10.2 Å². The molecule has 2 amide bonds. The summed E-state index contributed by atoms with van der Waals surface area (Å²) in [4.78, 5) is 25.9. The zero-order chi connectivity index (χ0) is 33.6. The van der Waals surface area contributed by atoms with Crippen LogP contribution < -0.4 is 15.4 Å². The molecule has 0 spiro atoms. The number of methoxy groups -OCH3 is 1.